The molecule has 0 fully saturated rings. The van der Waals surface area contributed by atoms with Crippen LogP contribution in [0.4, 0.5) is 0 Å². The smallest absolute Gasteiger partial charge is 0.328 e. The van der Waals surface area contributed by atoms with Crippen molar-refractivity contribution in [1.82, 2.24) is 5.32 Å². The summed E-state index contributed by atoms with van der Waals surface area (Å²) in [6, 6.07) is 22.6. The van der Waals surface area contributed by atoms with Crippen molar-refractivity contribution in [2.75, 3.05) is 0 Å². The maximum atomic E-state index is 12.7. The maximum absolute atomic E-state index is 12.7. The van der Waals surface area contributed by atoms with Gasteiger partial charge in [0.25, 0.3) is 5.91 Å². The number of amides is 1. The second-order valence-electron chi connectivity index (χ2n) is 6.80. The van der Waals surface area contributed by atoms with Gasteiger partial charge in [0, 0.05) is 29.3 Å². The first kappa shape index (κ1) is 20.6. The SMILES string of the molecule is Cc1ccc(CNC(=O)c2cc(C#Cc3ccccc3)cc(/C=C/C(=O)O)c2)cc1. The van der Waals surface area contributed by atoms with E-state index >= 15 is 0 Å². The summed E-state index contributed by atoms with van der Waals surface area (Å²) < 4.78 is 0. The molecule has 0 unspecified atom stereocenters. The zero-order valence-electron chi connectivity index (χ0n) is 16.6. The number of hydrogen-bond donors (Lipinski definition) is 2. The number of carboxylic acids is 1. The van der Waals surface area contributed by atoms with Crippen molar-refractivity contribution in [3.63, 3.8) is 0 Å². The number of hydrogen-bond acceptors (Lipinski definition) is 2. The van der Waals surface area contributed by atoms with E-state index in [2.05, 4.69) is 17.2 Å². The van der Waals surface area contributed by atoms with Crippen molar-refractivity contribution < 1.29 is 14.7 Å². The van der Waals surface area contributed by atoms with E-state index in [1.165, 1.54) is 6.08 Å². The van der Waals surface area contributed by atoms with Crippen LogP contribution in [0.15, 0.2) is 78.9 Å². The third-order valence-electron chi connectivity index (χ3n) is 4.33. The average molecular weight is 395 g/mol. The van der Waals surface area contributed by atoms with E-state index in [9.17, 15) is 9.59 Å². The Morgan fingerprint density at radius 2 is 1.63 bits per heavy atom. The number of nitrogens with one attached hydrogen (secondary N) is 1. The van der Waals surface area contributed by atoms with Crippen LogP contribution in [0.2, 0.25) is 0 Å². The molecule has 0 atom stereocenters. The van der Waals surface area contributed by atoms with Gasteiger partial charge in [-0.3, -0.25) is 4.79 Å². The van der Waals surface area contributed by atoms with E-state index in [1.54, 1.807) is 18.2 Å². The van der Waals surface area contributed by atoms with Crippen LogP contribution >= 0.6 is 0 Å². The Bertz CT molecular complexity index is 1130. The van der Waals surface area contributed by atoms with E-state index in [-0.39, 0.29) is 5.91 Å². The van der Waals surface area contributed by atoms with Crippen LogP contribution in [0.3, 0.4) is 0 Å². The minimum absolute atomic E-state index is 0.246. The van der Waals surface area contributed by atoms with Crippen LogP contribution in [0, 0.1) is 18.8 Å². The maximum Gasteiger partial charge on any atom is 0.328 e. The molecule has 0 spiro atoms. The second kappa shape index (κ2) is 9.90. The predicted octanol–water partition coefficient (Wildman–Crippen LogP) is 4.42. The van der Waals surface area contributed by atoms with Gasteiger partial charge in [-0.15, -0.1) is 0 Å². The van der Waals surface area contributed by atoms with E-state index in [0.29, 0.717) is 23.2 Å². The molecule has 148 valence electrons. The van der Waals surface area contributed by atoms with Gasteiger partial charge in [0.2, 0.25) is 0 Å². The number of aryl methyl sites for hydroxylation is 1. The first-order chi connectivity index (χ1) is 14.5. The lowest BCUT2D eigenvalue weighted by atomic mass is 10.0. The van der Waals surface area contributed by atoms with Crippen LogP contribution in [0.1, 0.15) is 38.2 Å². The lowest BCUT2D eigenvalue weighted by Gasteiger charge is -2.08. The summed E-state index contributed by atoms with van der Waals surface area (Å²) in [6.07, 6.45) is 2.49. The molecule has 0 aliphatic heterocycles. The predicted molar refractivity (Wildman–Crippen MR) is 118 cm³/mol. The third kappa shape index (κ3) is 6.22. The van der Waals surface area contributed by atoms with Crippen LogP contribution in [-0.4, -0.2) is 17.0 Å². The molecule has 0 aliphatic carbocycles. The Balaban J connectivity index is 1.85. The number of carbonyl (C=O) groups excluding carboxylic acids is 1. The minimum atomic E-state index is -1.05. The topological polar surface area (TPSA) is 66.4 Å². The van der Waals surface area contributed by atoms with Gasteiger partial charge in [0.1, 0.15) is 0 Å². The fourth-order valence-electron chi connectivity index (χ4n) is 2.77. The highest BCUT2D eigenvalue weighted by Gasteiger charge is 2.08. The average Bonchev–Trinajstić information content (AvgIpc) is 2.76. The molecule has 0 aromatic heterocycles. The molecular formula is C26H21NO3. The van der Waals surface area contributed by atoms with Gasteiger partial charge in [0.15, 0.2) is 0 Å². The summed E-state index contributed by atoms with van der Waals surface area (Å²) in [7, 11) is 0. The lowest BCUT2D eigenvalue weighted by molar-refractivity contribution is -0.131. The zero-order chi connectivity index (χ0) is 21.3. The molecule has 3 aromatic rings. The molecule has 0 heterocycles. The van der Waals surface area contributed by atoms with Crippen molar-refractivity contribution in [3.8, 4) is 11.8 Å². The normalized spacial score (nSPS) is 10.3. The lowest BCUT2D eigenvalue weighted by Crippen LogP contribution is -2.23. The fraction of sp³-hybridized carbons (Fsp3) is 0.0769. The molecule has 30 heavy (non-hydrogen) atoms. The Hall–Kier alpha value is -4.10. The summed E-state index contributed by atoms with van der Waals surface area (Å²) in [5.74, 6) is 4.81. The van der Waals surface area contributed by atoms with Crippen LogP contribution < -0.4 is 5.32 Å². The zero-order valence-corrected chi connectivity index (χ0v) is 16.6. The van der Waals surface area contributed by atoms with Gasteiger partial charge < -0.3 is 10.4 Å². The molecule has 0 aliphatic rings. The summed E-state index contributed by atoms with van der Waals surface area (Å²) in [5, 5.41) is 11.8. The van der Waals surface area contributed by atoms with E-state index in [0.717, 1.165) is 22.8 Å². The Labute approximate surface area is 175 Å². The third-order valence-corrected chi connectivity index (χ3v) is 4.33. The molecule has 0 saturated carbocycles. The molecular weight excluding hydrogens is 374 g/mol. The number of rotatable bonds is 5. The van der Waals surface area contributed by atoms with Gasteiger partial charge >= 0.3 is 5.97 Å². The highest BCUT2D eigenvalue weighted by Crippen LogP contribution is 2.13. The Kier molecular flexibility index (Phi) is 6.81. The van der Waals surface area contributed by atoms with Crippen LogP contribution in [0.25, 0.3) is 6.08 Å². The molecule has 0 saturated heterocycles. The van der Waals surface area contributed by atoms with Crippen molar-refractivity contribution >= 4 is 18.0 Å². The first-order valence-electron chi connectivity index (χ1n) is 9.46. The Morgan fingerprint density at radius 3 is 2.33 bits per heavy atom. The van der Waals surface area contributed by atoms with Crippen molar-refractivity contribution in [2.24, 2.45) is 0 Å². The first-order valence-corrected chi connectivity index (χ1v) is 9.46. The monoisotopic (exact) mass is 395 g/mol. The fourth-order valence-corrected chi connectivity index (χ4v) is 2.77. The van der Waals surface area contributed by atoms with Gasteiger partial charge in [-0.25, -0.2) is 4.79 Å². The standard InChI is InChI=1S/C26H21NO3/c1-19-7-9-21(10-8-19)18-27-26(30)24-16-22(12-11-20-5-3-2-4-6-20)15-23(17-24)13-14-25(28)29/h2-10,13-17H,18H2,1H3,(H,27,30)(H,28,29)/b14-13+. The quantitative estimate of drug-likeness (QED) is 0.496. The molecule has 0 bridgehead atoms. The van der Waals surface area contributed by atoms with Crippen LogP contribution in [-0.2, 0) is 11.3 Å². The summed E-state index contributed by atoms with van der Waals surface area (Å²) in [5.41, 5.74) is 4.66. The van der Waals surface area contributed by atoms with Gasteiger partial charge in [0.05, 0.1) is 0 Å². The highest BCUT2D eigenvalue weighted by atomic mass is 16.4. The largest absolute Gasteiger partial charge is 0.478 e. The molecule has 3 aromatic carbocycles. The van der Waals surface area contributed by atoms with Gasteiger partial charge in [-0.05, 0) is 54.5 Å². The Morgan fingerprint density at radius 1 is 0.933 bits per heavy atom. The van der Waals surface area contributed by atoms with Gasteiger partial charge in [-0.2, -0.15) is 0 Å². The molecule has 4 heteroatoms. The number of carboxylic acid groups (broad SMARTS) is 1. The van der Waals surface area contributed by atoms with Gasteiger partial charge in [-0.1, -0.05) is 59.9 Å². The summed E-state index contributed by atoms with van der Waals surface area (Å²) >= 11 is 0. The highest BCUT2D eigenvalue weighted by molar-refractivity contribution is 5.95. The van der Waals surface area contributed by atoms with E-state index < -0.39 is 5.97 Å². The molecule has 3 rings (SSSR count). The second-order valence-corrected chi connectivity index (χ2v) is 6.80. The summed E-state index contributed by atoms with van der Waals surface area (Å²) in [6.45, 7) is 2.41. The van der Waals surface area contributed by atoms with E-state index in [1.807, 2.05) is 61.5 Å². The number of aliphatic carboxylic acids is 1. The molecule has 4 nitrogen and oxygen atoms in total. The summed E-state index contributed by atoms with van der Waals surface area (Å²) in [4.78, 5) is 23.6. The minimum Gasteiger partial charge on any atom is -0.478 e. The molecule has 2 N–H and O–H groups in total. The van der Waals surface area contributed by atoms with Crippen molar-refractivity contribution in [3.05, 3.63) is 112 Å². The van der Waals surface area contributed by atoms with E-state index in [4.69, 9.17) is 5.11 Å². The van der Waals surface area contributed by atoms with Crippen molar-refractivity contribution in [1.29, 1.82) is 0 Å². The van der Waals surface area contributed by atoms with Crippen LogP contribution in [0.5, 0.6) is 0 Å². The molecule has 1 amide bonds. The number of benzene rings is 3. The molecule has 0 radical (unpaired) electrons. The number of carbonyl (C=O) groups is 2. The van der Waals surface area contributed by atoms with Crippen molar-refractivity contribution in [2.45, 2.75) is 13.5 Å².